The Bertz CT molecular complexity index is 303. The standard InChI is InChI=1S/C12H20N2O2S/c1-9(15)17-10-7-11(13-8-10)12(16)14-5-3-2-4-6-14/h10-11,13H,2-8H2,1H3/t10-,11-/m0/s1. The fourth-order valence-electron chi connectivity index (χ4n) is 2.55. The number of hydrogen-bond acceptors (Lipinski definition) is 4. The van der Waals surface area contributed by atoms with Crippen LogP contribution in [0.2, 0.25) is 0 Å². The zero-order valence-electron chi connectivity index (χ0n) is 10.3. The molecule has 0 radical (unpaired) electrons. The summed E-state index contributed by atoms with van der Waals surface area (Å²) in [7, 11) is 0. The lowest BCUT2D eigenvalue weighted by molar-refractivity contribution is -0.133. The number of nitrogens with one attached hydrogen (secondary N) is 1. The van der Waals surface area contributed by atoms with Crippen molar-refractivity contribution in [3.8, 4) is 0 Å². The Balaban J connectivity index is 1.82. The first-order valence-corrected chi connectivity index (χ1v) is 7.24. The van der Waals surface area contributed by atoms with E-state index in [-0.39, 0.29) is 22.3 Å². The molecule has 2 atom stereocenters. The van der Waals surface area contributed by atoms with Gasteiger partial charge in [0.15, 0.2) is 5.12 Å². The second kappa shape index (κ2) is 5.87. The van der Waals surface area contributed by atoms with Crippen LogP contribution in [0.4, 0.5) is 0 Å². The first kappa shape index (κ1) is 12.9. The van der Waals surface area contributed by atoms with Crippen LogP contribution in [-0.4, -0.2) is 46.8 Å². The van der Waals surface area contributed by atoms with Crippen LogP contribution >= 0.6 is 11.8 Å². The van der Waals surface area contributed by atoms with E-state index >= 15 is 0 Å². The van der Waals surface area contributed by atoms with Crippen LogP contribution in [0.3, 0.4) is 0 Å². The summed E-state index contributed by atoms with van der Waals surface area (Å²) < 4.78 is 0. The van der Waals surface area contributed by atoms with Crippen molar-refractivity contribution in [3.63, 3.8) is 0 Å². The largest absolute Gasteiger partial charge is 0.341 e. The van der Waals surface area contributed by atoms with Crippen molar-refractivity contribution in [3.05, 3.63) is 0 Å². The normalized spacial score (nSPS) is 29.4. The fourth-order valence-corrected chi connectivity index (χ4v) is 3.49. The van der Waals surface area contributed by atoms with Crippen LogP contribution in [-0.2, 0) is 9.59 Å². The molecule has 0 aromatic carbocycles. The van der Waals surface area contributed by atoms with Crippen molar-refractivity contribution in [2.45, 2.75) is 43.9 Å². The number of hydrogen-bond donors (Lipinski definition) is 1. The third kappa shape index (κ3) is 3.45. The van der Waals surface area contributed by atoms with Gasteiger partial charge < -0.3 is 10.2 Å². The SMILES string of the molecule is CC(=O)S[C@@H]1CN[C@H](C(=O)N2CCCCC2)C1. The highest BCUT2D eigenvalue weighted by molar-refractivity contribution is 8.14. The Morgan fingerprint density at radius 3 is 2.59 bits per heavy atom. The molecule has 1 amide bonds. The Labute approximate surface area is 106 Å². The predicted octanol–water partition coefficient (Wildman–Crippen LogP) is 1.01. The molecule has 0 aromatic heterocycles. The smallest absolute Gasteiger partial charge is 0.239 e. The van der Waals surface area contributed by atoms with Crippen molar-refractivity contribution >= 4 is 22.8 Å². The number of likely N-dealkylation sites (tertiary alicyclic amines) is 1. The molecule has 1 N–H and O–H groups in total. The summed E-state index contributed by atoms with van der Waals surface area (Å²) in [6.07, 6.45) is 4.29. The molecule has 96 valence electrons. The third-order valence-electron chi connectivity index (χ3n) is 3.39. The third-order valence-corrected chi connectivity index (χ3v) is 4.41. The summed E-state index contributed by atoms with van der Waals surface area (Å²) in [6.45, 7) is 4.17. The first-order valence-electron chi connectivity index (χ1n) is 6.36. The topological polar surface area (TPSA) is 49.4 Å². The van der Waals surface area contributed by atoms with Crippen LogP contribution in [0.15, 0.2) is 0 Å². The van der Waals surface area contributed by atoms with Crippen molar-refractivity contribution in [1.29, 1.82) is 0 Å². The van der Waals surface area contributed by atoms with Gasteiger partial charge in [-0.05, 0) is 25.7 Å². The Morgan fingerprint density at radius 2 is 1.94 bits per heavy atom. The molecule has 2 rings (SSSR count). The van der Waals surface area contributed by atoms with E-state index < -0.39 is 0 Å². The molecule has 2 heterocycles. The zero-order valence-corrected chi connectivity index (χ0v) is 11.1. The minimum Gasteiger partial charge on any atom is -0.341 e. The highest BCUT2D eigenvalue weighted by atomic mass is 32.2. The van der Waals surface area contributed by atoms with Gasteiger partial charge in [0.1, 0.15) is 0 Å². The van der Waals surface area contributed by atoms with Crippen molar-refractivity contribution < 1.29 is 9.59 Å². The van der Waals surface area contributed by atoms with E-state index in [9.17, 15) is 9.59 Å². The average molecular weight is 256 g/mol. The van der Waals surface area contributed by atoms with Crippen LogP contribution in [0.1, 0.15) is 32.6 Å². The van der Waals surface area contributed by atoms with Gasteiger partial charge in [0, 0.05) is 31.8 Å². The van der Waals surface area contributed by atoms with E-state index in [0.29, 0.717) is 0 Å². The molecule has 0 aromatic rings. The highest BCUT2D eigenvalue weighted by Crippen LogP contribution is 2.23. The molecule has 2 saturated heterocycles. The van der Waals surface area contributed by atoms with Gasteiger partial charge >= 0.3 is 0 Å². The lowest BCUT2D eigenvalue weighted by Crippen LogP contribution is -2.45. The maximum Gasteiger partial charge on any atom is 0.239 e. The van der Waals surface area contributed by atoms with Gasteiger partial charge in [0.05, 0.1) is 6.04 Å². The summed E-state index contributed by atoms with van der Waals surface area (Å²) in [4.78, 5) is 25.2. The molecule has 2 aliphatic heterocycles. The molecule has 0 bridgehead atoms. The van der Waals surface area contributed by atoms with Gasteiger partial charge in [-0.3, -0.25) is 9.59 Å². The monoisotopic (exact) mass is 256 g/mol. The minimum atomic E-state index is -0.0649. The highest BCUT2D eigenvalue weighted by Gasteiger charge is 2.33. The van der Waals surface area contributed by atoms with Crippen LogP contribution in [0.25, 0.3) is 0 Å². The molecule has 5 heteroatoms. The molecular formula is C12H20N2O2S. The average Bonchev–Trinajstić information content (AvgIpc) is 2.77. The maximum absolute atomic E-state index is 12.2. The summed E-state index contributed by atoms with van der Waals surface area (Å²) in [5.41, 5.74) is 0. The zero-order chi connectivity index (χ0) is 12.3. The Morgan fingerprint density at radius 1 is 1.24 bits per heavy atom. The Hall–Kier alpha value is -0.550. The number of thioether (sulfide) groups is 1. The van der Waals surface area contributed by atoms with Crippen molar-refractivity contribution in [2.75, 3.05) is 19.6 Å². The second-order valence-electron chi connectivity index (χ2n) is 4.81. The summed E-state index contributed by atoms with van der Waals surface area (Å²) in [5, 5.41) is 3.66. The van der Waals surface area contributed by atoms with Crippen molar-refractivity contribution in [2.24, 2.45) is 0 Å². The van der Waals surface area contributed by atoms with E-state index in [1.165, 1.54) is 18.2 Å². The van der Waals surface area contributed by atoms with E-state index in [1.807, 2.05) is 4.90 Å². The number of piperidine rings is 1. The second-order valence-corrected chi connectivity index (χ2v) is 6.29. The molecule has 0 saturated carbocycles. The number of rotatable bonds is 2. The van der Waals surface area contributed by atoms with E-state index in [2.05, 4.69) is 5.32 Å². The van der Waals surface area contributed by atoms with Gasteiger partial charge in [0.2, 0.25) is 5.91 Å². The number of nitrogens with zero attached hydrogens (tertiary/aromatic N) is 1. The van der Waals surface area contributed by atoms with Crippen LogP contribution in [0, 0.1) is 0 Å². The minimum absolute atomic E-state index is 0.0649. The molecule has 17 heavy (non-hydrogen) atoms. The predicted molar refractivity (Wildman–Crippen MR) is 68.9 cm³/mol. The molecular weight excluding hydrogens is 236 g/mol. The quantitative estimate of drug-likeness (QED) is 0.801. The van der Waals surface area contributed by atoms with Crippen LogP contribution < -0.4 is 5.32 Å². The molecule has 2 fully saturated rings. The van der Waals surface area contributed by atoms with Gasteiger partial charge in [-0.15, -0.1) is 0 Å². The van der Waals surface area contributed by atoms with E-state index in [1.54, 1.807) is 6.92 Å². The molecule has 2 aliphatic rings. The lowest BCUT2D eigenvalue weighted by atomic mass is 10.1. The number of amides is 1. The summed E-state index contributed by atoms with van der Waals surface area (Å²) in [5.74, 6) is 0.233. The molecule has 4 nitrogen and oxygen atoms in total. The van der Waals surface area contributed by atoms with E-state index in [0.717, 1.165) is 38.9 Å². The van der Waals surface area contributed by atoms with Gasteiger partial charge in [-0.1, -0.05) is 11.8 Å². The maximum atomic E-state index is 12.2. The first-order chi connectivity index (χ1) is 8.16. The molecule has 0 spiro atoms. The van der Waals surface area contributed by atoms with Gasteiger partial charge in [-0.2, -0.15) is 0 Å². The van der Waals surface area contributed by atoms with Crippen molar-refractivity contribution in [1.82, 2.24) is 10.2 Å². The summed E-state index contributed by atoms with van der Waals surface area (Å²) in [6, 6.07) is -0.0649. The number of carbonyl (C=O) groups is 2. The Kier molecular flexibility index (Phi) is 4.45. The molecule has 0 unspecified atom stereocenters. The fraction of sp³-hybridized carbons (Fsp3) is 0.833. The summed E-state index contributed by atoms with van der Waals surface area (Å²) >= 11 is 1.36. The molecule has 0 aliphatic carbocycles. The lowest BCUT2D eigenvalue weighted by Gasteiger charge is -2.29. The van der Waals surface area contributed by atoms with E-state index in [4.69, 9.17) is 0 Å². The van der Waals surface area contributed by atoms with Gasteiger partial charge in [-0.25, -0.2) is 0 Å². The van der Waals surface area contributed by atoms with Gasteiger partial charge in [0.25, 0.3) is 0 Å². The van der Waals surface area contributed by atoms with Crippen LogP contribution in [0.5, 0.6) is 0 Å². The number of carbonyl (C=O) groups excluding carboxylic acids is 2.